The van der Waals surface area contributed by atoms with E-state index in [0.29, 0.717) is 17.0 Å². The van der Waals surface area contributed by atoms with Crippen LogP contribution in [-0.4, -0.2) is 33.1 Å². The molecule has 2 N–H and O–H groups in total. The van der Waals surface area contributed by atoms with E-state index in [1.807, 2.05) is 18.2 Å². The molecular weight excluding hydrogens is 412 g/mol. The van der Waals surface area contributed by atoms with Gasteiger partial charge in [0.15, 0.2) is 0 Å². The molecule has 7 nitrogen and oxygen atoms in total. The van der Waals surface area contributed by atoms with Gasteiger partial charge in [-0.3, -0.25) is 4.79 Å². The summed E-state index contributed by atoms with van der Waals surface area (Å²) in [5.41, 5.74) is 3.67. The Balaban J connectivity index is 1.81. The van der Waals surface area contributed by atoms with Crippen LogP contribution in [0, 0.1) is 0 Å². The summed E-state index contributed by atoms with van der Waals surface area (Å²) in [7, 11) is -3.79. The molecule has 2 aromatic carbocycles. The Morgan fingerprint density at radius 1 is 1.00 bits per heavy atom. The van der Waals surface area contributed by atoms with Crippen LogP contribution in [-0.2, 0) is 14.8 Å². The van der Waals surface area contributed by atoms with E-state index in [0.717, 1.165) is 31.5 Å². The van der Waals surface area contributed by atoms with Gasteiger partial charge in [0.1, 0.15) is 0 Å². The Morgan fingerprint density at radius 2 is 1.58 bits per heavy atom. The van der Waals surface area contributed by atoms with Gasteiger partial charge in [-0.1, -0.05) is 26.0 Å². The van der Waals surface area contributed by atoms with Gasteiger partial charge in [-0.05, 0) is 67.8 Å². The van der Waals surface area contributed by atoms with Crippen LogP contribution >= 0.6 is 0 Å². The fourth-order valence-electron chi connectivity index (χ4n) is 3.49. The Kier molecular flexibility index (Phi) is 6.92. The number of rotatable bonds is 8. The number of anilines is 2. The molecule has 0 atom stereocenters. The smallest absolute Gasteiger partial charge is 0.280 e. The van der Waals surface area contributed by atoms with Crippen molar-refractivity contribution in [3.8, 4) is 0 Å². The van der Waals surface area contributed by atoms with Crippen molar-refractivity contribution in [2.75, 3.05) is 23.0 Å². The maximum absolute atomic E-state index is 12.9. The van der Waals surface area contributed by atoms with Gasteiger partial charge >= 0.3 is 0 Å². The first kappa shape index (κ1) is 22.7. The van der Waals surface area contributed by atoms with Gasteiger partial charge in [-0.25, -0.2) is 13.6 Å². The summed E-state index contributed by atoms with van der Waals surface area (Å²) in [5.74, 6) is -0.261. The second kappa shape index (κ2) is 9.45. The Hall–Kier alpha value is -2.97. The highest BCUT2D eigenvalue weighted by Crippen LogP contribution is 2.26. The van der Waals surface area contributed by atoms with Crippen molar-refractivity contribution in [2.24, 2.45) is 10.2 Å². The zero-order valence-electron chi connectivity index (χ0n) is 18.1. The van der Waals surface area contributed by atoms with Crippen molar-refractivity contribution in [1.82, 2.24) is 0 Å². The summed E-state index contributed by atoms with van der Waals surface area (Å²) in [6, 6.07) is 13.9. The highest BCUT2D eigenvalue weighted by Gasteiger charge is 2.28. The van der Waals surface area contributed by atoms with Crippen molar-refractivity contribution in [3.05, 3.63) is 59.7 Å². The Labute approximate surface area is 183 Å². The number of amides is 1. The van der Waals surface area contributed by atoms with Gasteiger partial charge in [0.25, 0.3) is 5.91 Å². The van der Waals surface area contributed by atoms with E-state index in [1.54, 1.807) is 6.92 Å². The van der Waals surface area contributed by atoms with Crippen LogP contribution in [0.3, 0.4) is 0 Å². The lowest BCUT2D eigenvalue weighted by Gasteiger charge is -2.23. The van der Waals surface area contributed by atoms with Crippen LogP contribution in [0.5, 0.6) is 0 Å². The Morgan fingerprint density at radius 3 is 2.10 bits per heavy atom. The molecular formula is C23H28N4O3S. The topological polar surface area (TPSA) is 96.1 Å². The van der Waals surface area contributed by atoms with Crippen molar-refractivity contribution in [3.63, 3.8) is 0 Å². The SMILES string of the molecule is CCCN(CCC)c1ccc(/C=C2\C(=O)N(c3ccc(S(N)(=O)=O)cc3)N=C2C)cc1. The maximum Gasteiger partial charge on any atom is 0.280 e. The number of hydrogen-bond acceptors (Lipinski definition) is 5. The van der Waals surface area contributed by atoms with E-state index in [-0.39, 0.29) is 10.8 Å². The summed E-state index contributed by atoms with van der Waals surface area (Å²) in [4.78, 5) is 15.3. The van der Waals surface area contributed by atoms with E-state index in [4.69, 9.17) is 5.14 Å². The minimum absolute atomic E-state index is 0.0142. The number of benzene rings is 2. The number of hydrazone groups is 1. The molecule has 164 valence electrons. The van der Waals surface area contributed by atoms with E-state index in [2.05, 4.69) is 36.0 Å². The molecule has 3 rings (SSSR count). The average Bonchev–Trinajstić information content (AvgIpc) is 3.02. The summed E-state index contributed by atoms with van der Waals surface area (Å²) in [6.45, 7) is 8.14. The largest absolute Gasteiger partial charge is 0.372 e. The summed E-state index contributed by atoms with van der Waals surface area (Å²) in [6.07, 6.45) is 4.00. The molecule has 0 radical (unpaired) electrons. The van der Waals surface area contributed by atoms with Crippen LogP contribution in [0.4, 0.5) is 11.4 Å². The van der Waals surface area contributed by atoms with Crippen molar-refractivity contribution >= 4 is 39.1 Å². The third-order valence-electron chi connectivity index (χ3n) is 5.03. The molecule has 0 bridgehead atoms. The number of hydrogen-bond donors (Lipinski definition) is 1. The number of carbonyl (C=O) groups excluding carboxylic acids is 1. The van der Waals surface area contributed by atoms with Crippen molar-refractivity contribution in [1.29, 1.82) is 0 Å². The second-order valence-electron chi connectivity index (χ2n) is 7.48. The Bertz CT molecular complexity index is 1100. The number of nitrogens with two attached hydrogens (primary N) is 1. The lowest BCUT2D eigenvalue weighted by molar-refractivity contribution is -0.114. The van der Waals surface area contributed by atoms with Crippen LogP contribution in [0.25, 0.3) is 6.08 Å². The molecule has 1 amide bonds. The molecule has 1 aliphatic rings. The number of nitrogens with zero attached hydrogens (tertiary/aromatic N) is 3. The monoisotopic (exact) mass is 440 g/mol. The van der Waals surface area contributed by atoms with Crippen molar-refractivity contribution in [2.45, 2.75) is 38.5 Å². The molecule has 0 spiro atoms. The third kappa shape index (κ3) is 5.21. The maximum atomic E-state index is 12.9. The van der Waals surface area contributed by atoms with Gasteiger partial charge < -0.3 is 4.90 Å². The molecule has 0 aliphatic carbocycles. The molecule has 0 aromatic heterocycles. The van der Waals surface area contributed by atoms with Crippen molar-refractivity contribution < 1.29 is 13.2 Å². The first-order valence-corrected chi connectivity index (χ1v) is 11.9. The lowest BCUT2D eigenvalue weighted by atomic mass is 10.1. The molecule has 2 aromatic rings. The minimum atomic E-state index is -3.79. The normalized spacial score (nSPS) is 15.5. The predicted octanol–water partition coefficient (Wildman–Crippen LogP) is 3.77. The van der Waals surface area contributed by atoms with Gasteiger partial charge in [-0.15, -0.1) is 0 Å². The highest BCUT2D eigenvalue weighted by molar-refractivity contribution is 7.89. The summed E-state index contributed by atoms with van der Waals surface area (Å²) in [5, 5.41) is 10.7. The molecule has 0 fully saturated rings. The third-order valence-corrected chi connectivity index (χ3v) is 5.96. The van der Waals surface area contributed by atoms with Crippen LogP contribution < -0.4 is 15.0 Å². The summed E-state index contributed by atoms with van der Waals surface area (Å²) >= 11 is 0. The first-order valence-electron chi connectivity index (χ1n) is 10.3. The van der Waals surface area contributed by atoms with E-state index < -0.39 is 10.0 Å². The number of primary sulfonamides is 1. The molecule has 1 heterocycles. The quantitative estimate of drug-likeness (QED) is 0.632. The van der Waals surface area contributed by atoms with Crippen LogP contribution in [0.15, 0.2) is 64.1 Å². The van der Waals surface area contributed by atoms with E-state index in [9.17, 15) is 13.2 Å². The fraction of sp³-hybridized carbons (Fsp3) is 0.304. The zero-order chi connectivity index (χ0) is 22.6. The van der Waals surface area contributed by atoms with Gasteiger partial charge in [0.2, 0.25) is 10.0 Å². The number of carbonyl (C=O) groups is 1. The average molecular weight is 441 g/mol. The first-order chi connectivity index (χ1) is 14.7. The number of sulfonamides is 1. The van der Waals surface area contributed by atoms with Crippen LogP contribution in [0.1, 0.15) is 39.2 Å². The zero-order valence-corrected chi connectivity index (χ0v) is 18.9. The predicted molar refractivity (Wildman–Crippen MR) is 126 cm³/mol. The van der Waals surface area contributed by atoms with E-state index >= 15 is 0 Å². The molecule has 1 aliphatic heterocycles. The standard InChI is InChI=1S/C23H28N4O3S/c1-4-14-26(15-5-2)19-8-6-18(7-9-19)16-22-17(3)25-27(23(22)28)20-10-12-21(13-11-20)31(24,29)30/h6-13,16H,4-5,14-15H2,1-3H3,(H2,24,29,30)/b22-16-. The molecule has 0 saturated heterocycles. The minimum Gasteiger partial charge on any atom is -0.372 e. The van der Waals surface area contributed by atoms with Crippen LogP contribution in [0.2, 0.25) is 0 Å². The molecule has 31 heavy (non-hydrogen) atoms. The molecule has 0 saturated carbocycles. The van der Waals surface area contributed by atoms with Gasteiger partial charge in [0.05, 0.1) is 21.9 Å². The fourth-order valence-corrected chi connectivity index (χ4v) is 4.01. The van der Waals surface area contributed by atoms with E-state index in [1.165, 1.54) is 35.0 Å². The lowest BCUT2D eigenvalue weighted by Crippen LogP contribution is -2.24. The van der Waals surface area contributed by atoms with Gasteiger partial charge in [0, 0.05) is 18.8 Å². The second-order valence-corrected chi connectivity index (χ2v) is 9.04. The molecule has 8 heteroatoms. The highest BCUT2D eigenvalue weighted by atomic mass is 32.2. The summed E-state index contributed by atoms with van der Waals surface area (Å²) < 4.78 is 22.9. The molecule has 0 unspecified atom stereocenters. The van der Waals surface area contributed by atoms with Gasteiger partial charge in [-0.2, -0.15) is 10.1 Å².